The standard InChI is InChI=1S/C41H57.Y/c1-23-14-16-36(17-15-23)18-19-38-28(6)32(10)40(33(11)29(38)7)41-34(12)30(8)39(31(9)35(41)13)21-20-37-26(4)24(2)22-25(3)27(37)5;/h23,36H,14-21H2,1-13H3;/q-1;. The van der Waals surface area contributed by atoms with Gasteiger partial charge in [0.25, 0.3) is 0 Å². The summed E-state index contributed by atoms with van der Waals surface area (Å²) in [6, 6.07) is 3.56. The number of hydrogen-bond acceptors (Lipinski definition) is 0. The van der Waals surface area contributed by atoms with Gasteiger partial charge in [-0.15, -0.1) is 0 Å². The van der Waals surface area contributed by atoms with Gasteiger partial charge in [0.05, 0.1) is 0 Å². The number of hydrogen-bond donors (Lipinski definition) is 0. The summed E-state index contributed by atoms with van der Waals surface area (Å²) in [5.74, 6) is 1.85. The van der Waals surface area contributed by atoms with Gasteiger partial charge in [-0.1, -0.05) is 60.3 Å². The van der Waals surface area contributed by atoms with Gasteiger partial charge in [-0.2, -0.15) is 33.9 Å². The van der Waals surface area contributed by atoms with Crippen molar-refractivity contribution in [3.05, 3.63) is 89.5 Å². The van der Waals surface area contributed by atoms with Crippen molar-refractivity contribution in [2.75, 3.05) is 0 Å². The minimum Gasteiger partial charge on any atom is -0.177 e. The summed E-state index contributed by atoms with van der Waals surface area (Å²) in [4.78, 5) is 0. The fourth-order valence-corrected chi connectivity index (χ4v) is 8.07. The predicted molar refractivity (Wildman–Crippen MR) is 181 cm³/mol. The largest absolute Gasteiger partial charge is 0.177 e. The van der Waals surface area contributed by atoms with Crippen LogP contribution in [0.25, 0.3) is 11.1 Å². The van der Waals surface area contributed by atoms with Gasteiger partial charge >= 0.3 is 0 Å². The van der Waals surface area contributed by atoms with Crippen LogP contribution >= 0.6 is 0 Å². The first-order valence-electron chi connectivity index (χ1n) is 16.4. The van der Waals surface area contributed by atoms with E-state index in [1.54, 1.807) is 11.1 Å². The first kappa shape index (κ1) is 35.2. The quantitative estimate of drug-likeness (QED) is 0.226. The molecule has 0 N–H and O–H groups in total. The molecule has 1 saturated carbocycles. The molecule has 225 valence electrons. The molecule has 3 aromatic rings. The van der Waals surface area contributed by atoms with E-state index in [0.717, 1.165) is 24.7 Å². The molecule has 1 aliphatic rings. The Morgan fingerprint density at radius 3 is 1.17 bits per heavy atom. The molecule has 0 heterocycles. The zero-order valence-corrected chi connectivity index (χ0v) is 32.2. The summed E-state index contributed by atoms with van der Waals surface area (Å²) in [7, 11) is 0. The van der Waals surface area contributed by atoms with Gasteiger partial charge in [-0.3, -0.25) is 0 Å². The number of rotatable bonds is 7. The van der Waals surface area contributed by atoms with Crippen LogP contribution in [0.1, 0.15) is 122 Å². The van der Waals surface area contributed by atoms with Gasteiger partial charge in [0.15, 0.2) is 0 Å². The van der Waals surface area contributed by atoms with E-state index in [1.807, 2.05) is 0 Å². The maximum atomic E-state index is 3.56. The number of benzene rings is 3. The summed E-state index contributed by atoms with van der Waals surface area (Å²) < 4.78 is 0. The van der Waals surface area contributed by atoms with Crippen LogP contribution in [0.15, 0.2) is 0 Å². The van der Waals surface area contributed by atoms with Crippen molar-refractivity contribution >= 4 is 0 Å². The molecule has 0 atom stereocenters. The summed E-state index contributed by atoms with van der Waals surface area (Å²) >= 11 is 0. The van der Waals surface area contributed by atoms with Crippen molar-refractivity contribution < 1.29 is 32.7 Å². The van der Waals surface area contributed by atoms with E-state index >= 15 is 0 Å². The molecular formula is C41H57Y-. The maximum Gasteiger partial charge on any atom is 0 e. The summed E-state index contributed by atoms with van der Waals surface area (Å²) in [6.07, 6.45) is 10.5. The van der Waals surface area contributed by atoms with Crippen molar-refractivity contribution in [1.82, 2.24) is 0 Å². The summed E-state index contributed by atoms with van der Waals surface area (Å²) in [6.45, 7) is 30.5. The van der Waals surface area contributed by atoms with Crippen LogP contribution in [0.5, 0.6) is 0 Å². The average Bonchev–Trinajstić information content (AvgIpc) is 2.94. The molecule has 1 heteroatoms. The minimum atomic E-state index is 0. The van der Waals surface area contributed by atoms with Crippen molar-refractivity contribution in [2.45, 2.75) is 141 Å². The van der Waals surface area contributed by atoms with Crippen LogP contribution in [0.4, 0.5) is 0 Å². The molecule has 4 rings (SSSR count). The van der Waals surface area contributed by atoms with E-state index in [4.69, 9.17) is 0 Å². The van der Waals surface area contributed by atoms with E-state index in [9.17, 15) is 0 Å². The second kappa shape index (κ2) is 14.2. The average molecular weight is 639 g/mol. The summed E-state index contributed by atoms with van der Waals surface area (Å²) in [5, 5.41) is 0. The Balaban J connectivity index is 0.00000484. The van der Waals surface area contributed by atoms with E-state index < -0.39 is 0 Å². The van der Waals surface area contributed by atoms with Crippen molar-refractivity contribution in [3.8, 4) is 11.1 Å². The Morgan fingerprint density at radius 2 is 0.786 bits per heavy atom. The molecular weight excluding hydrogens is 581 g/mol. The van der Waals surface area contributed by atoms with Gasteiger partial charge < -0.3 is 0 Å². The Labute approximate surface area is 284 Å². The van der Waals surface area contributed by atoms with Gasteiger partial charge in [0.1, 0.15) is 0 Å². The Bertz CT molecular complexity index is 1380. The van der Waals surface area contributed by atoms with Crippen molar-refractivity contribution in [1.29, 1.82) is 0 Å². The molecule has 0 amide bonds. The molecule has 0 nitrogen and oxygen atoms in total. The molecule has 1 fully saturated rings. The van der Waals surface area contributed by atoms with Crippen LogP contribution in [-0.2, 0) is 52.0 Å². The van der Waals surface area contributed by atoms with Gasteiger partial charge in [-0.25, -0.2) is 0 Å². The van der Waals surface area contributed by atoms with E-state index in [1.165, 1.54) is 122 Å². The van der Waals surface area contributed by atoms with E-state index in [2.05, 4.69) is 96.1 Å². The third-order valence-electron chi connectivity index (χ3n) is 11.8. The molecule has 0 aromatic heterocycles. The third-order valence-corrected chi connectivity index (χ3v) is 11.8. The molecule has 3 aromatic carbocycles. The SMILES string of the molecule is Cc1[c-]c(C)c(C)c(CCc2c(C)c(C)c(-c3c(C)c(C)c(CCC4CCC(C)CC4)c(C)c3C)c(C)c2C)c1C.[Y]. The number of aryl methyl sites for hydroxylation is 2. The zero-order valence-electron chi connectivity index (χ0n) is 29.4. The molecule has 0 unspecified atom stereocenters. The first-order valence-corrected chi connectivity index (χ1v) is 16.4. The van der Waals surface area contributed by atoms with Gasteiger partial charge in [0, 0.05) is 32.7 Å². The Kier molecular flexibility index (Phi) is 12.0. The molecule has 1 radical (unpaired) electrons. The van der Waals surface area contributed by atoms with Gasteiger partial charge in [0.2, 0.25) is 0 Å². The maximum absolute atomic E-state index is 3.56. The second-order valence-corrected chi connectivity index (χ2v) is 14.0. The monoisotopic (exact) mass is 638 g/mol. The van der Waals surface area contributed by atoms with Crippen molar-refractivity contribution in [3.63, 3.8) is 0 Å². The molecule has 0 spiro atoms. The first-order chi connectivity index (χ1) is 19.3. The van der Waals surface area contributed by atoms with Crippen LogP contribution < -0.4 is 0 Å². The van der Waals surface area contributed by atoms with Crippen LogP contribution in [-0.4, -0.2) is 0 Å². The van der Waals surface area contributed by atoms with E-state index in [-0.39, 0.29) is 32.7 Å². The smallest absolute Gasteiger partial charge is 0 e. The molecule has 0 saturated heterocycles. The van der Waals surface area contributed by atoms with Crippen LogP contribution in [0.2, 0.25) is 0 Å². The van der Waals surface area contributed by atoms with Gasteiger partial charge in [-0.05, 0) is 160 Å². The Hall–Kier alpha value is -1.24. The molecule has 0 aliphatic heterocycles. The minimum absolute atomic E-state index is 0. The zero-order chi connectivity index (χ0) is 30.3. The van der Waals surface area contributed by atoms with Crippen LogP contribution in [0, 0.1) is 101 Å². The fourth-order valence-electron chi connectivity index (χ4n) is 8.07. The topological polar surface area (TPSA) is 0 Å². The normalized spacial score (nSPS) is 17.0. The van der Waals surface area contributed by atoms with E-state index in [0.29, 0.717) is 0 Å². The molecule has 1 aliphatic carbocycles. The van der Waals surface area contributed by atoms with Crippen molar-refractivity contribution in [2.24, 2.45) is 11.8 Å². The predicted octanol–water partition coefficient (Wildman–Crippen LogP) is 11.4. The van der Waals surface area contributed by atoms with Crippen LogP contribution in [0.3, 0.4) is 0 Å². The molecule has 42 heavy (non-hydrogen) atoms. The Morgan fingerprint density at radius 1 is 0.452 bits per heavy atom. The summed E-state index contributed by atoms with van der Waals surface area (Å²) in [5.41, 5.74) is 25.1. The molecule has 0 bridgehead atoms. The third kappa shape index (κ3) is 6.71. The fraction of sp³-hybridized carbons (Fsp3) is 0.561. The second-order valence-electron chi connectivity index (χ2n) is 14.0.